The first-order chi connectivity index (χ1) is 22.0. The molecule has 2 aromatic carbocycles. The van der Waals surface area contributed by atoms with E-state index >= 15 is 0 Å². The van der Waals surface area contributed by atoms with Gasteiger partial charge in [-0.15, -0.1) is 11.3 Å². The Balaban J connectivity index is 0.000000537. The molecule has 4 heterocycles. The van der Waals surface area contributed by atoms with Crippen LogP contribution in [0.5, 0.6) is 0 Å². The Bertz CT molecular complexity index is 1920. The van der Waals surface area contributed by atoms with Crippen molar-refractivity contribution in [2.75, 3.05) is 26.0 Å². The predicted octanol–water partition coefficient (Wildman–Crippen LogP) is 5.25. The monoisotopic (exact) mass is 651 g/mol. The van der Waals surface area contributed by atoms with Crippen molar-refractivity contribution < 1.29 is 32.6 Å². The van der Waals surface area contributed by atoms with E-state index in [4.69, 9.17) is 14.6 Å². The number of hydrogen-bond acceptors (Lipinski definition) is 9. The van der Waals surface area contributed by atoms with Crippen LogP contribution in [0.2, 0.25) is 0 Å². The van der Waals surface area contributed by atoms with Gasteiger partial charge in [-0.2, -0.15) is 18.3 Å². The fourth-order valence-electron chi connectivity index (χ4n) is 4.51. The summed E-state index contributed by atoms with van der Waals surface area (Å²) in [5, 5.41) is 20.5. The van der Waals surface area contributed by atoms with Crippen LogP contribution < -0.4 is 10.6 Å². The molecule has 11 nitrogen and oxygen atoms in total. The van der Waals surface area contributed by atoms with Crippen LogP contribution in [0.1, 0.15) is 16.9 Å². The van der Waals surface area contributed by atoms with Crippen molar-refractivity contribution in [2.45, 2.75) is 31.3 Å². The Morgan fingerprint density at radius 3 is 2.65 bits per heavy atom. The van der Waals surface area contributed by atoms with E-state index in [1.807, 2.05) is 41.2 Å². The molecule has 238 valence electrons. The van der Waals surface area contributed by atoms with Crippen LogP contribution in [0, 0.1) is 11.8 Å². The van der Waals surface area contributed by atoms with Crippen molar-refractivity contribution in [2.24, 2.45) is 0 Å². The Labute approximate surface area is 265 Å². The number of halogens is 3. The molecule has 1 saturated heterocycles. The van der Waals surface area contributed by atoms with Gasteiger partial charge in [0.05, 0.1) is 34.6 Å². The van der Waals surface area contributed by atoms with Crippen molar-refractivity contribution in [1.29, 1.82) is 0 Å². The van der Waals surface area contributed by atoms with Crippen LogP contribution in [-0.4, -0.2) is 80.8 Å². The van der Waals surface area contributed by atoms with Gasteiger partial charge < -0.3 is 20.1 Å². The number of carboxylic acids is 1. The number of carbonyl (C=O) groups excluding carboxylic acids is 1. The molecule has 1 fully saturated rings. The maximum atomic E-state index is 11.8. The highest BCUT2D eigenvalue weighted by atomic mass is 32.1. The average molecular weight is 652 g/mol. The topological polar surface area (TPSA) is 134 Å². The van der Waals surface area contributed by atoms with Crippen molar-refractivity contribution >= 4 is 56.0 Å². The molecule has 6 rings (SSSR count). The van der Waals surface area contributed by atoms with Gasteiger partial charge in [0.15, 0.2) is 0 Å². The van der Waals surface area contributed by atoms with Crippen LogP contribution in [-0.2, 0) is 16.1 Å². The van der Waals surface area contributed by atoms with Crippen LogP contribution in [0.4, 0.5) is 29.5 Å². The van der Waals surface area contributed by atoms with Crippen LogP contribution in [0.15, 0.2) is 67.1 Å². The van der Waals surface area contributed by atoms with E-state index < -0.39 is 12.1 Å². The molecule has 0 saturated carbocycles. The molecule has 3 aromatic heterocycles. The molecule has 15 heteroatoms. The number of anilines is 2. The number of carboxylic acid groups (broad SMARTS) is 1. The molecule has 1 amide bonds. The molecule has 0 bridgehead atoms. The molecular formula is C31H28F3N7O4S. The van der Waals surface area contributed by atoms with Crippen LogP contribution in [0.3, 0.4) is 0 Å². The third kappa shape index (κ3) is 8.09. The molecule has 0 spiro atoms. The summed E-state index contributed by atoms with van der Waals surface area (Å²) in [6.45, 7) is 1.32. The number of hydrogen-bond donors (Lipinski definition) is 3. The van der Waals surface area contributed by atoms with Crippen molar-refractivity contribution in [3.05, 3.63) is 77.6 Å². The summed E-state index contributed by atoms with van der Waals surface area (Å²) in [6.07, 6.45) is -1.48. The summed E-state index contributed by atoms with van der Waals surface area (Å²) < 4.78 is 39.2. The number of nitrogens with one attached hydrogen (secondary N) is 2. The number of rotatable bonds is 5. The maximum absolute atomic E-state index is 11.8. The fraction of sp³-hybridized carbons (Fsp3) is 0.258. The minimum absolute atomic E-state index is 0.0339. The number of aromatic nitrogens is 4. The highest BCUT2D eigenvalue weighted by Gasteiger charge is 2.38. The molecule has 46 heavy (non-hydrogen) atoms. The van der Waals surface area contributed by atoms with Gasteiger partial charge in [-0.3, -0.25) is 10.00 Å². The Hall–Kier alpha value is -5.20. The molecular weight excluding hydrogens is 623 g/mol. The second-order valence-corrected chi connectivity index (χ2v) is 11.4. The van der Waals surface area contributed by atoms with E-state index in [2.05, 4.69) is 61.8 Å². The number of benzene rings is 2. The molecule has 0 unspecified atom stereocenters. The smallest absolute Gasteiger partial charge is 0.475 e. The Morgan fingerprint density at radius 1 is 1.17 bits per heavy atom. The van der Waals surface area contributed by atoms with Crippen molar-refractivity contribution in [1.82, 2.24) is 30.0 Å². The SMILES string of the molecule is CN(C)C(=O)O[C@H]1CN[C@@H](C#Cc2cc3c(Nc4ccc5c(cnn5Cc5ccccc5)c4)ncnc3s2)C1.O=C(O)C(F)(F)F. The second-order valence-electron chi connectivity index (χ2n) is 10.4. The number of amides is 1. The summed E-state index contributed by atoms with van der Waals surface area (Å²) >= 11 is 1.53. The first kappa shape index (κ1) is 32.2. The zero-order valence-corrected chi connectivity index (χ0v) is 25.4. The fourth-order valence-corrected chi connectivity index (χ4v) is 5.37. The summed E-state index contributed by atoms with van der Waals surface area (Å²) in [4.78, 5) is 32.8. The highest BCUT2D eigenvalue weighted by molar-refractivity contribution is 7.19. The summed E-state index contributed by atoms with van der Waals surface area (Å²) in [7, 11) is 3.35. The lowest BCUT2D eigenvalue weighted by Gasteiger charge is -2.15. The summed E-state index contributed by atoms with van der Waals surface area (Å²) in [6, 6.07) is 18.5. The molecule has 2 atom stereocenters. The maximum Gasteiger partial charge on any atom is 0.490 e. The average Bonchev–Trinajstić information content (AvgIpc) is 3.75. The number of alkyl halides is 3. The second kappa shape index (κ2) is 13.8. The van der Waals surface area contributed by atoms with Crippen molar-refractivity contribution in [3.8, 4) is 11.8 Å². The first-order valence-electron chi connectivity index (χ1n) is 13.9. The minimum Gasteiger partial charge on any atom is -0.475 e. The molecule has 0 radical (unpaired) electrons. The number of nitrogens with zero attached hydrogens (tertiary/aromatic N) is 5. The lowest BCUT2D eigenvalue weighted by atomic mass is 10.2. The van der Waals surface area contributed by atoms with Gasteiger partial charge in [0.2, 0.25) is 0 Å². The molecule has 5 aromatic rings. The Morgan fingerprint density at radius 2 is 1.93 bits per heavy atom. The highest BCUT2D eigenvalue weighted by Crippen LogP contribution is 2.30. The van der Waals surface area contributed by atoms with Crippen molar-refractivity contribution in [3.63, 3.8) is 0 Å². The molecule has 1 aliphatic heterocycles. The van der Waals surface area contributed by atoms with Crippen LogP contribution in [0.25, 0.3) is 21.1 Å². The minimum atomic E-state index is -5.08. The third-order valence-electron chi connectivity index (χ3n) is 6.74. The number of carbonyl (C=O) groups is 2. The number of fused-ring (bicyclic) bond motifs is 2. The van der Waals surface area contributed by atoms with E-state index in [-0.39, 0.29) is 18.2 Å². The normalized spacial score (nSPS) is 15.8. The molecule has 1 aliphatic rings. The number of ether oxygens (including phenoxy) is 1. The Kier molecular flexibility index (Phi) is 9.69. The standard InChI is InChI=1S/C29H27N7O2S.C2HF3O2/c1-35(2)29(37)38-23-13-21(30-16-23)8-10-24-14-25-27(31-18-32-28(25)39-24)34-22-9-11-26-20(12-22)15-33-36(26)17-19-6-4-3-5-7-19;3-2(4,5)1(6)7/h3-7,9,11-12,14-15,18,21,23,30H,13,16-17H2,1-2H3,(H,31,32,34);(H,6,7)/t21-,23+;/m0./s1. The van der Waals surface area contributed by atoms with Gasteiger partial charge in [-0.1, -0.05) is 42.2 Å². The predicted molar refractivity (Wildman–Crippen MR) is 167 cm³/mol. The van der Waals surface area contributed by atoms with E-state index in [0.29, 0.717) is 13.0 Å². The third-order valence-corrected chi connectivity index (χ3v) is 7.70. The summed E-state index contributed by atoms with van der Waals surface area (Å²) in [5.74, 6) is 4.50. The number of thiophene rings is 1. The van der Waals surface area contributed by atoms with Gasteiger partial charge in [0, 0.05) is 38.1 Å². The van der Waals surface area contributed by atoms with Gasteiger partial charge in [0.1, 0.15) is 23.1 Å². The van der Waals surface area contributed by atoms with Gasteiger partial charge in [0.25, 0.3) is 0 Å². The lowest BCUT2D eigenvalue weighted by molar-refractivity contribution is -0.192. The first-order valence-corrected chi connectivity index (χ1v) is 14.7. The van der Waals surface area contributed by atoms with E-state index in [1.165, 1.54) is 21.8 Å². The summed E-state index contributed by atoms with van der Waals surface area (Å²) in [5.41, 5.74) is 3.21. The van der Waals surface area contributed by atoms with Gasteiger partial charge >= 0.3 is 18.2 Å². The lowest BCUT2D eigenvalue weighted by Crippen LogP contribution is -2.29. The zero-order valence-electron chi connectivity index (χ0n) is 24.6. The zero-order chi connectivity index (χ0) is 32.8. The largest absolute Gasteiger partial charge is 0.490 e. The van der Waals surface area contributed by atoms with E-state index in [1.54, 1.807) is 20.4 Å². The van der Waals surface area contributed by atoms with Crippen LogP contribution >= 0.6 is 11.3 Å². The molecule has 3 N–H and O–H groups in total. The van der Waals surface area contributed by atoms with E-state index in [9.17, 15) is 18.0 Å². The van der Waals surface area contributed by atoms with Gasteiger partial charge in [-0.05, 0) is 29.8 Å². The quantitative estimate of drug-likeness (QED) is 0.218. The number of aliphatic carboxylic acids is 1. The van der Waals surface area contributed by atoms with E-state index in [0.717, 1.165) is 44.0 Å². The molecule has 0 aliphatic carbocycles. The van der Waals surface area contributed by atoms with Gasteiger partial charge in [-0.25, -0.2) is 19.6 Å².